The van der Waals surface area contributed by atoms with Crippen molar-refractivity contribution in [2.45, 2.75) is 31.7 Å². The molecule has 2 aromatic carbocycles. The van der Waals surface area contributed by atoms with Gasteiger partial charge in [-0.15, -0.1) is 0 Å². The first kappa shape index (κ1) is 25.6. The largest absolute Gasteiger partial charge is 0.486 e. The highest BCUT2D eigenvalue weighted by molar-refractivity contribution is 5.80. The van der Waals surface area contributed by atoms with Crippen LogP contribution in [-0.4, -0.2) is 67.8 Å². The Morgan fingerprint density at radius 1 is 1.00 bits per heavy atom. The van der Waals surface area contributed by atoms with E-state index in [0.29, 0.717) is 19.8 Å². The number of anilines is 1. The number of benzene rings is 2. The fourth-order valence-corrected chi connectivity index (χ4v) is 5.82. The highest BCUT2D eigenvalue weighted by atomic mass is 19.1. The van der Waals surface area contributed by atoms with Gasteiger partial charge in [0.1, 0.15) is 24.8 Å². The lowest BCUT2D eigenvalue weighted by Gasteiger charge is -2.26. The predicted octanol–water partition coefficient (Wildman–Crippen LogP) is 4.31. The van der Waals surface area contributed by atoms with Crippen LogP contribution < -0.4 is 19.7 Å². The summed E-state index contributed by atoms with van der Waals surface area (Å²) < 4.78 is 24.8. The quantitative estimate of drug-likeness (QED) is 0.468. The van der Waals surface area contributed by atoms with Gasteiger partial charge in [0.15, 0.2) is 11.5 Å². The lowest BCUT2D eigenvalue weighted by molar-refractivity contribution is -0.125. The first-order valence-corrected chi connectivity index (χ1v) is 14.0. The summed E-state index contributed by atoms with van der Waals surface area (Å²) in [6.45, 7) is 5.55. The van der Waals surface area contributed by atoms with Crippen molar-refractivity contribution in [3.8, 4) is 22.8 Å². The summed E-state index contributed by atoms with van der Waals surface area (Å²) in [5.74, 6) is 2.16. The number of amides is 1. The lowest BCUT2D eigenvalue weighted by Crippen LogP contribution is -2.47. The van der Waals surface area contributed by atoms with Crippen molar-refractivity contribution in [1.82, 2.24) is 15.2 Å². The van der Waals surface area contributed by atoms with Gasteiger partial charge in [0, 0.05) is 31.2 Å². The van der Waals surface area contributed by atoms with Crippen LogP contribution in [0.2, 0.25) is 0 Å². The van der Waals surface area contributed by atoms with E-state index in [1.807, 2.05) is 24.3 Å². The number of nitrogens with one attached hydrogen (secondary N) is 1. The molecule has 3 aromatic rings. The topological polar surface area (TPSA) is 66.9 Å². The lowest BCUT2D eigenvalue weighted by atomic mass is 10.0. The highest BCUT2D eigenvalue weighted by Gasteiger charge is 2.31. The standard InChI is InChI=1S/C31H35FN4O3/c32-25-9-7-23(8-10-25)27-4-3-5-30(34-27)36-15-12-24(20-36)31(37)33-26(21-35-13-1-2-14-35)18-22-6-11-28-29(19-22)39-17-16-38-28/h3-11,19,24,26H,1-2,12-18,20-21H2,(H,33,37). The van der Waals surface area contributed by atoms with E-state index in [0.717, 1.165) is 73.2 Å². The maximum atomic E-state index is 13.5. The van der Waals surface area contributed by atoms with Gasteiger partial charge < -0.3 is 24.6 Å². The van der Waals surface area contributed by atoms with Gasteiger partial charge in [0.2, 0.25) is 5.91 Å². The molecule has 2 fully saturated rings. The number of ether oxygens (including phenoxy) is 2. The Kier molecular flexibility index (Phi) is 7.63. The number of likely N-dealkylation sites (tertiary alicyclic amines) is 1. The minimum atomic E-state index is -0.264. The summed E-state index contributed by atoms with van der Waals surface area (Å²) in [5, 5.41) is 3.39. The molecular weight excluding hydrogens is 495 g/mol. The summed E-state index contributed by atoms with van der Waals surface area (Å²) in [5.41, 5.74) is 2.81. The Morgan fingerprint density at radius 2 is 1.79 bits per heavy atom. The summed E-state index contributed by atoms with van der Waals surface area (Å²) >= 11 is 0. The Labute approximate surface area is 228 Å². The van der Waals surface area contributed by atoms with Crippen LogP contribution in [0, 0.1) is 11.7 Å². The third-order valence-electron chi connectivity index (χ3n) is 7.87. The third kappa shape index (κ3) is 6.17. The van der Waals surface area contributed by atoms with Gasteiger partial charge >= 0.3 is 0 Å². The maximum Gasteiger partial charge on any atom is 0.225 e. The number of hydrogen-bond acceptors (Lipinski definition) is 6. The van der Waals surface area contributed by atoms with Crippen LogP contribution >= 0.6 is 0 Å². The summed E-state index contributed by atoms with van der Waals surface area (Å²) in [7, 11) is 0. The fourth-order valence-electron chi connectivity index (χ4n) is 5.82. The van der Waals surface area contributed by atoms with Gasteiger partial charge in [0.05, 0.1) is 11.6 Å². The van der Waals surface area contributed by atoms with E-state index in [4.69, 9.17) is 14.5 Å². The van der Waals surface area contributed by atoms with Gasteiger partial charge in [-0.05, 0) is 92.9 Å². The minimum absolute atomic E-state index is 0.0205. The van der Waals surface area contributed by atoms with Gasteiger partial charge in [-0.3, -0.25) is 4.79 Å². The van der Waals surface area contributed by atoms with E-state index in [1.54, 1.807) is 12.1 Å². The third-order valence-corrected chi connectivity index (χ3v) is 7.87. The summed E-state index contributed by atoms with van der Waals surface area (Å²) in [6.07, 6.45) is 3.96. The van der Waals surface area contributed by atoms with Crippen molar-refractivity contribution in [3.05, 3.63) is 72.0 Å². The van der Waals surface area contributed by atoms with Crippen LogP contribution in [0.5, 0.6) is 11.5 Å². The number of fused-ring (bicyclic) bond motifs is 1. The summed E-state index contributed by atoms with van der Waals surface area (Å²) in [6, 6.07) is 18.4. The van der Waals surface area contributed by atoms with Crippen LogP contribution in [-0.2, 0) is 11.2 Å². The van der Waals surface area contributed by atoms with Crippen LogP contribution in [0.15, 0.2) is 60.7 Å². The number of carbonyl (C=O) groups is 1. The van der Waals surface area contributed by atoms with Crippen molar-refractivity contribution < 1.29 is 18.7 Å². The minimum Gasteiger partial charge on any atom is -0.486 e. The molecule has 0 saturated carbocycles. The molecule has 2 unspecified atom stereocenters. The molecule has 3 aliphatic rings. The smallest absolute Gasteiger partial charge is 0.225 e. The second kappa shape index (κ2) is 11.6. The number of pyridine rings is 1. The van der Waals surface area contributed by atoms with Gasteiger partial charge in [-0.2, -0.15) is 0 Å². The maximum absolute atomic E-state index is 13.5. The van der Waals surface area contributed by atoms with Crippen molar-refractivity contribution in [2.24, 2.45) is 5.92 Å². The van der Waals surface area contributed by atoms with Gasteiger partial charge in [0.25, 0.3) is 0 Å². The van der Waals surface area contributed by atoms with Crippen molar-refractivity contribution >= 4 is 11.7 Å². The van der Waals surface area contributed by atoms with Crippen molar-refractivity contribution in [2.75, 3.05) is 50.8 Å². The molecule has 7 nitrogen and oxygen atoms in total. The zero-order chi connectivity index (χ0) is 26.6. The highest BCUT2D eigenvalue weighted by Crippen LogP contribution is 2.31. The van der Waals surface area contributed by atoms with Crippen LogP contribution in [0.3, 0.4) is 0 Å². The first-order valence-electron chi connectivity index (χ1n) is 14.0. The normalized spacial score (nSPS) is 19.7. The summed E-state index contributed by atoms with van der Waals surface area (Å²) in [4.78, 5) is 22.9. The van der Waals surface area contributed by atoms with Crippen molar-refractivity contribution in [1.29, 1.82) is 0 Å². The molecule has 0 aliphatic carbocycles. The Hall–Kier alpha value is -3.65. The molecule has 0 spiro atoms. The van der Waals surface area contributed by atoms with E-state index in [1.165, 1.54) is 25.0 Å². The molecule has 4 heterocycles. The molecule has 2 atom stereocenters. The molecule has 2 saturated heterocycles. The molecule has 3 aliphatic heterocycles. The molecule has 1 aromatic heterocycles. The molecule has 1 N–H and O–H groups in total. The second-order valence-electron chi connectivity index (χ2n) is 10.7. The first-order chi connectivity index (χ1) is 19.1. The molecule has 6 rings (SSSR count). The average Bonchev–Trinajstić information content (AvgIpc) is 3.66. The SMILES string of the molecule is O=C(NC(Cc1ccc2c(c1)OCCO2)CN1CCCC1)C1CCN(c2cccc(-c3ccc(F)cc3)n2)C1. The van der Waals surface area contributed by atoms with Gasteiger partial charge in [-0.25, -0.2) is 9.37 Å². The van der Waals surface area contributed by atoms with Crippen LogP contribution in [0.4, 0.5) is 10.2 Å². The molecule has 204 valence electrons. The number of aromatic nitrogens is 1. The van der Waals surface area contributed by atoms with Gasteiger partial charge in [-0.1, -0.05) is 12.1 Å². The monoisotopic (exact) mass is 530 g/mol. The van der Waals surface area contributed by atoms with Crippen LogP contribution in [0.1, 0.15) is 24.8 Å². The van der Waals surface area contributed by atoms with Crippen molar-refractivity contribution in [3.63, 3.8) is 0 Å². The molecule has 1 amide bonds. The zero-order valence-corrected chi connectivity index (χ0v) is 22.2. The number of rotatable bonds is 8. The number of carbonyl (C=O) groups excluding carboxylic acids is 1. The average molecular weight is 531 g/mol. The van der Waals surface area contributed by atoms with Crippen LogP contribution in [0.25, 0.3) is 11.3 Å². The predicted molar refractivity (Wildman–Crippen MR) is 149 cm³/mol. The molecule has 8 heteroatoms. The molecular formula is C31H35FN4O3. The Bertz CT molecular complexity index is 1300. The Balaban J connectivity index is 1.11. The molecule has 0 radical (unpaired) electrons. The van der Waals surface area contributed by atoms with E-state index < -0.39 is 0 Å². The zero-order valence-electron chi connectivity index (χ0n) is 22.2. The number of hydrogen-bond donors (Lipinski definition) is 1. The van der Waals surface area contributed by atoms with E-state index >= 15 is 0 Å². The molecule has 0 bridgehead atoms. The fraction of sp³-hybridized carbons (Fsp3) is 0.419. The Morgan fingerprint density at radius 3 is 2.62 bits per heavy atom. The molecule has 39 heavy (non-hydrogen) atoms. The van der Waals surface area contributed by atoms with E-state index in [2.05, 4.69) is 27.2 Å². The van der Waals surface area contributed by atoms with E-state index in [-0.39, 0.29) is 23.7 Å². The number of nitrogens with zero attached hydrogens (tertiary/aromatic N) is 3. The van der Waals surface area contributed by atoms with E-state index in [9.17, 15) is 9.18 Å². The second-order valence-corrected chi connectivity index (χ2v) is 10.7. The number of halogens is 1.